The van der Waals surface area contributed by atoms with Crippen LogP contribution in [0.5, 0.6) is 0 Å². The third-order valence-electron chi connectivity index (χ3n) is 4.45. The van der Waals surface area contributed by atoms with Crippen molar-refractivity contribution in [1.82, 2.24) is 10.1 Å². The number of amides is 1. The topological polar surface area (TPSA) is 134 Å². The van der Waals surface area contributed by atoms with Crippen LogP contribution in [0.25, 0.3) is 11.4 Å². The molecule has 1 aromatic heterocycles. The molecule has 1 heterocycles. The van der Waals surface area contributed by atoms with Crippen LogP contribution < -0.4 is 15.8 Å². The van der Waals surface area contributed by atoms with E-state index < -0.39 is 27.5 Å². The van der Waals surface area contributed by atoms with Crippen molar-refractivity contribution >= 4 is 38.9 Å². The first kappa shape index (κ1) is 22.2. The molecule has 33 heavy (non-hydrogen) atoms. The van der Waals surface area contributed by atoms with Gasteiger partial charge in [-0.25, -0.2) is 17.6 Å². The smallest absolute Gasteiger partial charge is 0.322 e. The number of benzene rings is 3. The van der Waals surface area contributed by atoms with Gasteiger partial charge >= 0.3 is 5.76 Å². The summed E-state index contributed by atoms with van der Waals surface area (Å²) >= 11 is 6.10. The zero-order valence-electron chi connectivity index (χ0n) is 16.5. The summed E-state index contributed by atoms with van der Waals surface area (Å²) in [4.78, 5) is 26.0. The van der Waals surface area contributed by atoms with E-state index in [0.29, 0.717) is 11.3 Å². The van der Waals surface area contributed by atoms with Crippen LogP contribution >= 0.6 is 11.6 Å². The molecule has 0 aliphatic rings. The lowest BCUT2D eigenvalue weighted by Crippen LogP contribution is -2.15. The molecule has 3 N–H and O–H groups in total. The predicted molar refractivity (Wildman–Crippen MR) is 119 cm³/mol. The van der Waals surface area contributed by atoms with E-state index in [4.69, 9.17) is 11.6 Å². The number of carbonyl (C=O) groups is 1. The second kappa shape index (κ2) is 8.88. The number of anilines is 2. The summed E-state index contributed by atoms with van der Waals surface area (Å²) in [6.07, 6.45) is 0. The normalized spacial score (nSPS) is 11.2. The van der Waals surface area contributed by atoms with Gasteiger partial charge in [0.1, 0.15) is 5.82 Å². The SMILES string of the molecule is O=C(Nc1ccc(-c2noc(=O)[nH]2)cc1)c1ccc(Cl)c(NS(=O)(=O)c2ccc(F)cc2)c1. The van der Waals surface area contributed by atoms with Gasteiger partial charge < -0.3 is 5.32 Å². The Hall–Kier alpha value is -3.96. The molecule has 0 saturated carbocycles. The van der Waals surface area contributed by atoms with Crippen LogP contribution in [0, 0.1) is 5.82 Å². The molecule has 1 amide bonds. The van der Waals surface area contributed by atoms with Gasteiger partial charge in [0, 0.05) is 16.8 Å². The van der Waals surface area contributed by atoms with E-state index in [-0.39, 0.29) is 27.0 Å². The second-order valence-corrected chi connectivity index (χ2v) is 8.82. The number of nitrogens with one attached hydrogen (secondary N) is 3. The second-order valence-electron chi connectivity index (χ2n) is 6.73. The lowest BCUT2D eigenvalue weighted by Gasteiger charge is -2.12. The highest BCUT2D eigenvalue weighted by atomic mass is 35.5. The van der Waals surface area contributed by atoms with Crippen molar-refractivity contribution in [2.24, 2.45) is 0 Å². The summed E-state index contributed by atoms with van der Waals surface area (Å²) in [6, 6.07) is 14.8. The first-order valence-electron chi connectivity index (χ1n) is 9.27. The minimum atomic E-state index is -4.05. The van der Waals surface area contributed by atoms with Crippen molar-refractivity contribution in [1.29, 1.82) is 0 Å². The molecule has 3 aromatic carbocycles. The van der Waals surface area contributed by atoms with Crippen LogP contribution in [0.1, 0.15) is 10.4 Å². The Labute approximate surface area is 191 Å². The maximum absolute atomic E-state index is 13.1. The summed E-state index contributed by atoms with van der Waals surface area (Å²) in [5, 5.41) is 6.33. The van der Waals surface area contributed by atoms with Gasteiger partial charge in [-0.05, 0) is 66.7 Å². The number of H-pyrrole nitrogens is 1. The average Bonchev–Trinajstić information content (AvgIpc) is 3.22. The van der Waals surface area contributed by atoms with E-state index in [9.17, 15) is 22.4 Å². The number of sulfonamides is 1. The van der Waals surface area contributed by atoms with Crippen LogP contribution in [0.15, 0.2) is 80.9 Å². The fourth-order valence-corrected chi connectivity index (χ4v) is 4.12. The highest BCUT2D eigenvalue weighted by Crippen LogP contribution is 2.27. The molecule has 0 aliphatic carbocycles. The lowest BCUT2D eigenvalue weighted by molar-refractivity contribution is 0.102. The fraction of sp³-hybridized carbons (Fsp3) is 0. The van der Waals surface area contributed by atoms with Gasteiger partial charge in [0.25, 0.3) is 15.9 Å². The third kappa shape index (κ3) is 5.10. The van der Waals surface area contributed by atoms with E-state index in [1.54, 1.807) is 24.3 Å². The van der Waals surface area contributed by atoms with Crippen LogP contribution in [-0.4, -0.2) is 24.5 Å². The maximum Gasteiger partial charge on any atom is 0.439 e. The molecule has 0 spiro atoms. The van der Waals surface area contributed by atoms with E-state index in [0.717, 1.165) is 24.3 Å². The van der Waals surface area contributed by atoms with Gasteiger partial charge in [-0.1, -0.05) is 16.8 Å². The molecule has 12 heteroatoms. The molecule has 0 fully saturated rings. The molecule has 0 bridgehead atoms. The van der Waals surface area contributed by atoms with Gasteiger partial charge in [0.15, 0.2) is 5.82 Å². The monoisotopic (exact) mass is 488 g/mol. The van der Waals surface area contributed by atoms with Gasteiger partial charge in [-0.2, -0.15) is 0 Å². The minimum absolute atomic E-state index is 0.0148. The summed E-state index contributed by atoms with van der Waals surface area (Å²) < 4.78 is 45.0. The number of aromatic amines is 1. The van der Waals surface area contributed by atoms with Gasteiger partial charge in [0.2, 0.25) is 0 Å². The molecule has 0 saturated heterocycles. The van der Waals surface area contributed by atoms with Crippen LogP contribution in [0.3, 0.4) is 0 Å². The summed E-state index contributed by atoms with van der Waals surface area (Å²) in [7, 11) is -4.05. The Morgan fingerprint density at radius 2 is 1.73 bits per heavy atom. The number of aromatic nitrogens is 2. The van der Waals surface area contributed by atoms with Crippen molar-refractivity contribution < 1.29 is 22.1 Å². The van der Waals surface area contributed by atoms with Crippen molar-refractivity contribution in [2.75, 3.05) is 10.0 Å². The number of halogens is 2. The first-order valence-corrected chi connectivity index (χ1v) is 11.1. The number of rotatable bonds is 6. The van der Waals surface area contributed by atoms with E-state index in [1.807, 2.05) is 0 Å². The predicted octanol–water partition coefficient (Wildman–Crippen LogP) is 3.88. The molecular formula is C21H14ClFN4O5S. The highest BCUT2D eigenvalue weighted by Gasteiger charge is 2.18. The van der Waals surface area contributed by atoms with Gasteiger partial charge in [-0.3, -0.25) is 19.0 Å². The largest absolute Gasteiger partial charge is 0.439 e. The van der Waals surface area contributed by atoms with Crippen LogP contribution in [0.2, 0.25) is 5.02 Å². The fourth-order valence-electron chi connectivity index (χ4n) is 2.83. The first-order chi connectivity index (χ1) is 15.7. The summed E-state index contributed by atoms with van der Waals surface area (Å²) in [5.74, 6) is -1.53. The quantitative estimate of drug-likeness (QED) is 0.377. The van der Waals surface area contributed by atoms with E-state index >= 15 is 0 Å². The Kier molecular flexibility index (Phi) is 5.99. The minimum Gasteiger partial charge on any atom is -0.322 e. The standard InChI is InChI=1S/C21H14ClFN4O5S/c22-17-10-3-13(11-18(17)27-33(30,31)16-8-4-14(23)5-9-16)20(28)24-15-6-1-12(2-7-15)19-25-21(29)32-26-19/h1-11,27H,(H,24,28)(H,25,26,29). The van der Waals surface area contributed by atoms with Crippen molar-refractivity contribution in [3.05, 3.63) is 93.7 Å². The molecule has 0 unspecified atom stereocenters. The van der Waals surface area contributed by atoms with E-state index in [1.165, 1.54) is 18.2 Å². The molecule has 0 aliphatic heterocycles. The zero-order chi connectivity index (χ0) is 23.6. The summed E-state index contributed by atoms with van der Waals surface area (Å²) in [6.45, 7) is 0. The Morgan fingerprint density at radius 1 is 1.03 bits per heavy atom. The average molecular weight is 489 g/mol. The molecule has 9 nitrogen and oxygen atoms in total. The molecular weight excluding hydrogens is 475 g/mol. The third-order valence-corrected chi connectivity index (χ3v) is 6.16. The Morgan fingerprint density at radius 3 is 2.36 bits per heavy atom. The Bertz CT molecular complexity index is 1480. The number of carbonyl (C=O) groups excluding carboxylic acids is 1. The number of hydrogen-bond donors (Lipinski definition) is 3. The molecule has 4 aromatic rings. The van der Waals surface area contributed by atoms with Crippen molar-refractivity contribution in [2.45, 2.75) is 4.90 Å². The molecule has 4 rings (SSSR count). The number of hydrogen-bond acceptors (Lipinski definition) is 6. The van der Waals surface area contributed by atoms with E-state index in [2.05, 4.69) is 24.7 Å². The van der Waals surface area contributed by atoms with Crippen molar-refractivity contribution in [3.63, 3.8) is 0 Å². The Balaban J connectivity index is 1.51. The molecule has 0 atom stereocenters. The lowest BCUT2D eigenvalue weighted by atomic mass is 10.1. The highest BCUT2D eigenvalue weighted by molar-refractivity contribution is 7.92. The number of nitrogens with zero attached hydrogens (tertiary/aromatic N) is 1. The van der Waals surface area contributed by atoms with Gasteiger partial charge in [0.05, 0.1) is 15.6 Å². The summed E-state index contributed by atoms with van der Waals surface area (Å²) in [5.41, 5.74) is 1.14. The zero-order valence-corrected chi connectivity index (χ0v) is 18.1. The van der Waals surface area contributed by atoms with Crippen LogP contribution in [-0.2, 0) is 10.0 Å². The van der Waals surface area contributed by atoms with Crippen LogP contribution in [0.4, 0.5) is 15.8 Å². The molecule has 168 valence electrons. The molecule has 0 radical (unpaired) electrons. The van der Waals surface area contributed by atoms with Gasteiger partial charge in [-0.15, -0.1) is 0 Å². The van der Waals surface area contributed by atoms with Crippen molar-refractivity contribution in [3.8, 4) is 11.4 Å². The maximum atomic E-state index is 13.1.